The van der Waals surface area contributed by atoms with Gasteiger partial charge in [-0.15, -0.1) is 30.7 Å². The van der Waals surface area contributed by atoms with Gasteiger partial charge in [0.25, 0.3) is 46.0 Å². The molecule has 70 heavy (non-hydrogen) atoms. The van der Waals surface area contributed by atoms with E-state index >= 15 is 0 Å². The number of aromatic nitrogens is 2. The van der Waals surface area contributed by atoms with Gasteiger partial charge in [-0.2, -0.15) is 33.7 Å². The summed E-state index contributed by atoms with van der Waals surface area (Å²) in [5.74, 6) is -2.32. The predicted molar refractivity (Wildman–Crippen MR) is 241 cm³/mol. The number of carbonyl (C=O) groups excluding carboxylic acids is 1. The number of anilines is 1. The summed E-state index contributed by atoms with van der Waals surface area (Å²) < 4.78 is 151. The second-order valence-electron chi connectivity index (χ2n) is 14.1. The van der Waals surface area contributed by atoms with Gasteiger partial charge in [-0.1, -0.05) is 0 Å². The fourth-order valence-corrected chi connectivity index (χ4v) is 8.86. The van der Waals surface area contributed by atoms with Crippen LogP contribution in [0, 0.1) is 6.92 Å². The van der Waals surface area contributed by atoms with Crippen LogP contribution in [-0.2, 0) is 45.3 Å². The Hall–Kier alpha value is -7.40. The number of H-pyrrole nitrogens is 1. The average Bonchev–Trinajstić information content (AvgIpc) is 3.56. The number of ether oxygens (including phenoxy) is 2. The molecule has 0 fully saturated rings. The summed E-state index contributed by atoms with van der Waals surface area (Å²) >= 11 is 0. The van der Waals surface area contributed by atoms with E-state index in [-0.39, 0.29) is 39.9 Å². The Bertz CT molecular complexity index is 3690. The molecule has 5 aromatic carbocycles. The highest BCUT2D eigenvalue weighted by molar-refractivity contribution is 7.87. The third-order valence-corrected chi connectivity index (χ3v) is 12.8. The van der Waals surface area contributed by atoms with E-state index in [9.17, 15) is 76.8 Å². The van der Waals surface area contributed by atoms with E-state index in [4.69, 9.17) is 9.47 Å². The van der Waals surface area contributed by atoms with Crippen LogP contribution in [-0.4, -0.2) is 109 Å². The SMILES string of the molecule is CC(=O)Nc1ccc(N=Nc2cc(OCCO)c(N=Nc3c(S(=O)(=O)O)cc4c(S(=O)(=O)O)c(N=Nc5c(C)[nH]n(-c6ccc(S(=O)(=O)O)cc6)c5=O)ccc4c3O)cc2OCCO)c(S(=O)(=O)O)c1. The molecule has 1 amide bonds. The molecule has 32 heteroatoms. The number of aliphatic hydroxyl groups excluding tert-OH is 2. The van der Waals surface area contributed by atoms with Crippen LogP contribution in [0.2, 0.25) is 0 Å². The number of hydrogen-bond acceptors (Lipinski definition) is 21. The molecule has 0 aliphatic carbocycles. The number of hydrogen-bond donors (Lipinski definition) is 9. The maximum Gasteiger partial charge on any atom is 0.299 e. The summed E-state index contributed by atoms with van der Waals surface area (Å²) in [5.41, 5.74) is -4.06. The normalized spacial score (nSPS) is 12.7. The van der Waals surface area contributed by atoms with E-state index in [2.05, 4.69) is 41.1 Å². The summed E-state index contributed by atoms with van der Waals surface area (Å²) in [7, 11) is -20.5. The van der Waals surface area contributed by atoms with Gasteiger partial charge in [0.15, 0.2) is 11.4 Å². The lowest BCUT2D eigenvalue weighted by Crippen LogP contribution is -2.14. The van der Waals surface area contributed by atoms with Gasteiger partial charge in [0.05, 0.1) is 29.5 Å². The predicted octanol–water partition coefficient (Wildman–Crippen LogP) is 5.27. The van der Waals surface area contributed by atoms with Gasteiger partial charge in [0.1, 0.15) is 67.8 Å². The number of nitrogens with one attached hydrogen (secondary N) is 2. The van der Waals surface area contributed by atoms with Crippen molar-refractivity contribution in [2.45, 2.75) is 33.4 Å². The van der Waals surface area contributed by atoms with Crippen molar-refractivity contribution < 1.29 is 81.5 Å². The average molecular weight is 1050 g/mol. The number of azo groups is 3. The third kappa shape index (κ3) is 11.7. The molecule has 6 aromatic rings. The van der Waals surface area contributed by atoms with Gasteiger partial charge in [-0.25, -0.2) is 4.68 Å². The van der Waals surface area contributed by atoms with Crippen LogP contribution in [0.4, 0.5) is 39.8 Å². The van der Waals surface area contributed by atoms with Gasteiger partial charge in [-0.05, 0) is 67.6 Å². The van der Waals surface area contributed by atoms with Crippen LogP contribution in [0.15, 0.2) is 128 Å². The number of carbonyl (C=O) groups is 1. The number of amides is 1. The summed E-state index contributed by atoms with van der Waals surface area (Å²) in [4.78, 5) is 21.1. The summed E-state index contributed by atoms with van der Waals surface area (Å²) in [5, 5.41) is 57.4. The topological polar surface area (TPSA) is 438 Å². The van der Waals surface area contributed by atoms with Crippen LogP contribution < -0.4 is 20.3 Å². The maximum absolute atomic E-state index is 13.3. The van der Waals surface area contributed by atoms with Gasteiger partial charge in [0, 0.05) is 35.5 Å². The Balaban J connectivity index is 1.46. The van der Waals surface area contributed by atoms with Crippen LogP contribution in [0.3, 0.4) is 0 Å². The highest BCUT2D eigenvalue weighted by atomic mass is 32.2. The Morgan fingerprint density at radius 1 is 0.629 bits per heavy atom. The molecule has 370 valence electrons. The molecule has 0 bridgehead atoms. The molecule has 28 nitrogen and oxygen atoms in total. The second kappa shape index (κ2) is 20.3. The lowest BCUT2D eigenvalue weighted by Gasteiger charge is -2.14. The molecule has 0 spiro atoms. The van der Waals surface area contributed by atoms with Gasteiger partial charge in [0.2, 0.25) is 5.91 Å². The van der Waals surface area contributed by atoms with Gasteiger partial charge >= 0.3 is 0 Å². The van der Waals surface area contributed by atoms with Gasteiger partial charge < -0.3 is 30.1 Å². The molecule has 0 unspecified atom stereocenters. The lowest BCUT2D eigenvalue weighted by molar-refractivity contribution is -0.114. The molecule has 0 aliphatic heterocycles. The Morgan fingerprint density at radius 3 is 1.69 bits per heavy atom. The third-order valence-electron chi connectivity index (χ3n) is 9.21. The molecule has 1 aromatic heterocycles. The fourth-order valence-electron chi connectivity index (χ4n) is 6.27. The molecule has 1 heterocycles. The largest absolute Gasteiger partial charge is 0.505 e. The van der Waals surface area contributed by atoms with Crippen molar-refractivity contribution in [1.82, 2.24) is 9.78 Å². The van der Waals surface area contributed by atoms with E-state index in [0.29, 0.717) is 6.07 Å². The van der Waals surface area contributed by atoms with Crippen LogP contribution in [0.1, 0.15) is 12.6 Å². The molecule has 0 atom stereocenters. The molecule has 0 radical (unpaired) electrons. The monoisotopic (exact) mass is 1050 g/mol. The first-order valence-electron chi connectivity index (χ1n) is 19.2. The Kier molecular flexibility index (Phi) is 15.1. The van der Waals surface area contributed by atoms with Crippen molar-refractivity contribution >= 4 is 97.0 Å². The zero-order valence-corrected chi connectivity index (χ0v) is 38.8. The molecular weight excluding hydrogens is 1010 g/mol. The van der Waals surface area contributed by atoms with Crippen molar-refractivity contribution in [3.05, 3.63) is 88.8 Å². The van der Waals surface area contributed by atoms with E-state index in [1.807, 2.05) is 0 Å². The molecule has 0 saturated heterocycles. The highest BCUT2D eigenvalue weighted by Crippen LogP contribution is 2.47. The molecular formula is C38H35N9O19S4. The molecule has 0 saturated carbocycles. The van der Waals surface area contributed by atoms with Crippen molar-refractivity contribution in [1.29, 1.82) is 0 Å². The van der Waals surface area contributed by atoms with Crippen LogP contribution in [0.5, 0.6) is 17.2 Å². The second-order valence-corrected chi connectivity index (χ2v) is 19.7. The summed E-state index contributed by atoms with van der Waals surface area (Å²) in [6, 6.07) is 12.1. The van der Waals surface area contributed by atoms with E-state index in [1.54, 1.807) is 0 Å². The minimum absolute atomic E-state index is 0.0203. The Morgan fingerprint density at radius 2 is 1.16 bits per heavy atom. The molecule has 6 rings (SSSR count). The number of aliphatic hydroxyl groups is 2. The number of phenolic OH excluding ortho intramolecular Hbond substituents is 1. The first-order chi connectivity index (χ1) is 32.7. The molecule has 0 aliphatic rings. The zero-order chi connectivity index (χ0) is 51.5. The lowest BCUT2D eigenvalue weighted by atomic mass is 10.1. The smallest absolute Gasteiger partial charge is 0.299 e. The quantitative estimate of drug-likeness (QED) is 0.0391. The van der Waals surface area contributed by atoms with Crippen molar-refractivity contribution in [3.63, 3.8) is 0 Å². The standard InChI is InChI=1S/C38H35N9O19S4/c1-19-34(38(52)47(46-19)22-4-6-23(7-5-22)67(53,54)55)44-41-27-10-8-24-25(37(27)70(62,63)64)16-33(69(59,60)61)35(36(24)51)45-43-29-18-30(65-13-11-48)28(17-31(29)66-14-12-49)42-40-26-9-3-21(39-20(2)50)15-32(26)68(56,57)58/h3-10,15-18,46,48-49,51H,11-14H2,1-2H3,(H,39,50)(H,53,54,55)(H,56,57,58)(H,59,60,61)(H,62,63,64). The highest BCUT2D eigenvalue weighted by Gasteiger charge is 2.29. The number of nitrogens with zero attached hydrogens (tertiary/aromatic N) is 7. The van der Waals surface area contributed by atoms with Crippen LogP contribution in [0.25, 0.3) is 16.5 Å². The number of aromatic amines is 1. The Labute approximate surface area is 394 Å². The van der Waals surface area contributed by atoms with Crippen molar-refractivity contribution in [2.24, 2.45) is 30.7 Å². The number of rotatable bonds is 18. The van der Waals surface area contributed by atoms with Crippen molar-refractivity contribution in [3.8, 4) is 22.9 Å². The minimum Gasteiger partial charge on any atom is -0.505 e. The van der Waals surface area contributed by atoms with Crippen molar-refractivity contribution in [2.75, 3.05) is 31.7 Å². The first-order valence-corrected chi connectivity index (χ1v) is 25.0. The van der Waals surface area contributed by atoms with E-state index in [0.717, 1.165) is 60.1 Å². The first kappa shape index (κ1) is 52.0. The van der Waals surface area contributed by atoms with E-state index in [1.165, 1.54) is 25.1 Å². The number of aryl methyl sites for hydroxylation is 1. The zero-order valence-electron chi connectivity index (χ0n) is 35.5. The number of phenols is 1. The summed E-state index contributed by atoms with van der Waals surface area (Å²) in [6.07, 6.45) is 0. The van der Waals surface area contributed by atoms with Crippen LogP contribution >= 0.6 is 0 Å². The number of benzene rings is 5. The van der Waals surface area contributed by atoms with E-state index < -0.39 is 137 Å². The number of fused-ring (bicyclic) bond motifs is 1. The van der Waals surface area contributed by atoms with Gasteiger partial charge in [-0.3, -0.25) is 32.9 Å². The minimum atomic E-state index is -5.50. The number of aromatic hydroxyl groups is 1. The maximum atomic E-state index is 13.3. The summed E-state index contributed by atoms with van der Waals surface area (Å²) in [6.45, 7) is 0.506. The molecule has 9 N–H and O–H groups in total. The fraction of sp³-hybridized carbons (Fsp3) is 0.158.